The summed E-state index contributed by atoms with van der Waals surface area (Å²) >= 11 is 0. The number of nitrogens with one attached hydrogen (secondary N) is 1. The number of rotatable bonds is 55. The number of allylic oxidation sites excluding steroid dienone is 3. The predicted molar refractivity (Wildman–Crippen MR) is 287 cm³/mol. The molecule has 0 aromatic heterocycles. The molecule has 6 nitrogen and oxygen atoms in total. The van der Waals surface area contributed by atoms with Crippen molar-refractivity contribution in [3.05, 3.63) is 24.3 Å². The van der Waals surface area contributed by atoms with Crippen LogP contribution in [0, 0.1) is 0 Å². The number of amides is 1. The van der Waals surface area contributed by atoms with E-state index in [0.29, 0.717) is 19.4 Å². The lowest BCUT2D eigenvalue weighted by Gasteiger charge is -2.20. The number of aliphatic hydroxyl groups excluding tert-OH is 2. The molecule has 0 aliphatic rings. The van der Waals surface area contributed by atoms with Gasteiger partial charge in [-0.1, -0.05) is 276 Å². The van der Waals surface area contributed by atoms with Crippen molar-refractivity contribution >= 4 is 11.9 Å². The molecule has 390 valence electrons. The number of hydrogen-bond donors (Lipinski definition) is 3. The van der Waals surface area contributed by atoms with Crippen LogP contribution < -0.4 is 5.32 Å². The summed E-state index contributed by atoms with van der Waals surface area (Å²) in [5.41, 5.74) is 0. The zero-order valence-corrected chi connectivity index (χ0v) is 44.4. The van der Waals surface area contributed by atoms with Gasteiger partial charge < -0.3 is 20.3 Å². The fourth-order valence-electron chi connectivity index (χ4n) is 9.16. The molecule has 0 saturated carbocycles. The molecule has 0 fully saturated rings. The van der Waals surface area contributed by atoms with E-state index < -0.39 is 12.1 Å². The average Bonchev–Trinajstić information content (AvgIpc) is 3.32. The Labute approximate surface area is 411 Å². The molecular formula is C60H115NO5. The standard InChI is InChI=1S/C60H115NO5/c1-3-5-7-9-11-13-15-17-26-29-32-36-40-44-48-52-58(63)57(56-62)61-59(64)53-49-45-41-37-33-30-27-24-22-20-18-19-21-23-25-28-31-35-39-43-47-51-55-66-60(65)54-50-46-42-38-34-16-14-12-10-8-6-4-2/h12,14,48,52,57-58,62-63H,3-11,13,15-47,49-51,53-56H2,1-2H3,(H,61,64)/b14-12-,52-48+. The van der Waals surface area contributed by atoms with Gasteiger partial charge >= 0.3 is 5.97 Å². The van der Waals surface area contributed by atoms with Crippen LogP contribution in [-0.4, -0.2) is 47.4 Å². The minimum absolute atomic E-state index is 0.00267. The monoisotopic (exact) mass is 930 g/mol. The van der Waals surface area contributed by atoms with Crippen LogP contribution in [0.2, 0.25) is 0 Å². The van der Waals surface area contributed by atoms with E-state index in [4.69, 9.17) is 4.74 Å². The molecule has 0 rings (SSSR count). The summed E-state index contributed by atoms with van der Waals surface area (Å²) in [4.78, 5) is 24.5. The molecule has 0 heterocycles. The van der Waals surface area contributed by atoms with Crippen LogP contribution in [-0.2, 0) is 14.3 Å². The third kappa shape index (κ3) is 51.7. The molecule has 0 bridgehead atoms. The highest BCUT2D eigenvalue weighted by Crippen LogP contribution is 2.17. The number of unbranched alkanes of at least 4 members (excludes halogenated alkanes) is 42. The van der Waals surface area contributed by atoms with E-state index in [0.717, 1.165) is 44.9 Å². The molecule has 66 heavy (non-hydrogen) atoms. The quantitative estimate of drug-likeness (QED) is 0.0321. The van der Waals surface area contributed by atoms with Gasteiger partial charge in [0, 0.05) is 12.8 Å². The average molecular weight is 931 g/mol. The minimum atomic E-state index is -0.844. The Morgan fingerprint density at radius 3 is 1.11 bits per heavy atom. The minimum Gasteiger partial charge on any atom is -0.466 e. The van der Waals surface area contributed by atoms with Gasteiger partial charge in [-0.3, -0.25) is 9.59 Å². The lowest BCUT2D eigenvalue weighted by molar-refractivity contribution is -0.143. The third-order valence-corrected chi connectivity index (χ3v) is 13.7. The summed E-state index contributed by atoms with van der Waals surface area (Å²) < 4.78 is 5.46. The van der Waals surface area contributed by atoms with Crippen LogP contribution in [0.1, 0.15) is 322 Å². The van der Waals surface area contributed by atoms with Crippen molar-refractivity contribution in [2.24, 2.45) is 0 Å². The molecule has 0 spiro atoms. The van der Waals surface area contributed by atoms with Crippen molar-refractivity contribution in [3.8, 4) is 0 Å². The summed E-state index contributed by atoms with van der Waals surface area (Å²) in [7, 11) is 0. The van der Waals surface area contributed by atoms with Crippen molar-refractivity contribution < 1.29 is 24.5 Å². The summed E-state index contributed by atoms with van der Waals surface area (Å²) in [6.45, 7) is 4.89. The number of ether oxygens (including phenoxy) is 1. The number of carbonyl (C=O) groups is 2. The number of esters is 1. The number of aliphatic hydroxyl groups is 2. The molecule has 0 aliphatic carbocycles. The molecule has 0 saturated heterocycles. The molecule has 1 amide bonds. The van der Waals surface area contributed by atoms with Gasteiger partial charge in [-0.05, 0) is 57.8 Å². The molecule has 2 atom stereocenters. The highest BCUT2D eigenvalue weighted by atomic mass is 16.5. The van der Waals surface area contributed by atoms with Gasteiger partial charge in [0.1, 0.15) is 0 Å². The van der Waals surface area contributed by atoms with Crippen molar-refractivity contribution in [2.45, 2.75) is 334 Å². The van der Waals surface area contributed by atoms with E-state index in [1.807, 2.05) is 6.08 Å². The first-order valence-electron chi connectivity index (χ1n) is 29.6. The first-order chi connectivity index (χ1) is 32.5. The molecule has 3 N–H and O–H groups in total. The zero-order chi connectivity index (χ0) is 47.9. The third-order valence-electron chi connectivity index (χ3n) is 13.7. The molecule has 2 unspecified atom stereocenters. The lowest BCUT2D eigenvalue weighted by atomic mass is 10.0. The Morgan fingerprint density at radius 1 is 0.409 bits per heavy atom. The SMILES string of the molecule is CCCCC/C=C\CCCCCCCC(=O)OCCCCCCCCCCCCCCCCCCCCCCCCC(=O)NC(CO)C(O)/C=C/CCCCCCCCCCCCCCC. The maximum Gasteiger partial charge on any atom is 0.305 e. The molecule has 0 aliphatic heterocycles. The second-order valence-corrected chi connectivity index (χ2v) is 20.3. The Morgan fingerprint density at radius 2 is 0.712 bits per heavy atom. The first kappa shape index (κ1) is 64.3. The van der Waals surface area contributed by atoms with E-state index in [1.165, 1.54) is 250 Å². The Balaban J connectivity index is 3.40. The fraction of sp³-hybridized carbons (Fsp3) is 0.900. The maximum atomic E-state index is 12.5. The summed E-state index contributed by atoms with van der Waals surface area (Å²) in [5.74, 6) is -0.0642. The number of carbonyl (C=O) groups excluding carboxylic acids is 2. The van der Waals surface area contributed by atoms with Gasteiger partial charge in [-0.25, -0.2) is 0 Å². The van der Waals surface area contributed by atoms with E-state index in [9.17, 15) is 19.8 Å². The lowest BCUT2D eigenvalue weighted by Crippen LogP contribution is -2.45. The second-order valence-electron chi connectivity index (χ2n) is 20.3. The Bertz CT molecular complexity index is 1030. The van der Waals surface area contributed by atoms with Crippen LogP contribution in [0.5, 0.6) is 0 Å². The zero-order valence-electron chi connectivity index (χ0n) is 44.4. The molecule has 0 radical (unpaired) electrons. The van der Waals surface area contributed by atoms with E-state index in [-0.39, 0.29) is 18.5 Å². The van der Waals surface area contributed by atoms with E-state index in [1.54, 1.807) is 6.08 Å². The molecule has 6 heteroatoms. The molecule has 0 aromatic rings. The van der Waals surface area contributed by atoms with E-state index in [2.05, 4.69) is 31.3 Å². The number of hydrogen-bond acceptors (Lipinski definition) is 5. The molecule has 0 aromatic carbocycles. The normalized spacial score (nSPS) is 12.7. The van der Waals surface area contributed by atoms with Crippen LogP contribution in [0.4, 0.5) is 0 Å². The topological polar surface area (TPSA) is 95.9 Å². The van der Waals surface area contributed by atoms with Gasteiger partial charge in [0.05, 0.1) is 25.4 Å². The summed E-state index contributed by atoms with van der Waals surface area (Å²) in [5, 5.41) is 23.1. The maximum absolute atomic E-state index is 12.5. The Kier molecular flexibility index (Phi) is 54.5. The summed E-state index contributed by atoms with van der Waals surface area (Å²) in [6, 6.07) is -0.627. The molecular weight excluding hydrogens is 815 g/mol. The fourth-order valence-corrected chi connectivity index (χ4v) is 9.16. The van der Waals surface area contributed by atoms with E-state index >= 15 is 0 Å². The van der Waals surface area contributed by atoms with Gasteiger partial charge in [-0.2, -0.15) is 0 Å². The van der Waals surface area contributed by atoms with Gasteiger partial charge in [0.15, 0.2) is 0 Å². The van der Waals surface area contributed by atoms with Crippen LogP contribution >= 0.6 is 0 Å². The predicted octanol–water partition coefficient (Wildman–Crippen LogP) is 18.2. The summed E-state index contributed by atoms with van der Waals surface area (Å²) in [6.07, 6.45) is 67.8. The van der Waals surface area contributed by atoms with Crippen molar-refractivity contribution in [3.63, 3.8) is 0 Å². The van der Waals surface area contributed by atoms with Gasteiger partial charge in [0.25, 0.3) is 0 Å². The second kappa shape index (κ2) is 55.9. The van der Waals surface area contributed by atoms with Crippen molar-refractivity contribution in [2.75, 3.05) is 13.2 Å². The van der Waals surface area contributed by atoms with Crippen LogP contribution in [0.25, 0.3) is 0 Å². The van der Waals surface area contributed by atoms with Gasteiger partial charge in [-0.15, -0.1) is 0 Å². The highest BCUT2D eigenvalue weighted by molar-refractivity contribution is 5.76. The largest absolute Gasteiger partial charge is 0.466 e. The first-order valence-corrected chi connectivity index (χ1v) is 29.6. The smallest absolute Gasteiger partial charge is 0.305 e. The van der Waals surface area contributed by atoms with Gasteiger partial charge in [0.2, 0.25) is 5.91 Å². The highest BCUT2D eigenvalue weighted by Gasteiger charge is 2.18. The van der Waals surface area contributed by atoms with Crippen molar-refractivity contribution in [1.82, 2.24) is 5.32 Å². The van der Waals surface area contributed by atoms with Crippen molar-refractivity contribution in [1.29, 1.82) is 0 Å². The van der Waals surface area contributed by atoms with Crippen LogP contribution in [0.3, 0.4) is 0 Å². The Hall–Kier alpha value is -1.66. The van der Waals surface area contributed by atoms with Crippen LogP contribution in [0.15, 0.2) is 24.3 Å².